The van der Waals surface area contributed by atoms with E-state index in [2.05, 4.69) is 66.5 Å². The molecule has 5 rings (SSSR count). The van der Waals surface area contributed by atoms with E-state index in [1.165, 1.54) is 11.1 Å². The lowest BCUT2D eigenvalue weighted by Crippen LogP contribution is -2.44. The molecule has 1 aliphatic rings. The molecule has 6 heteroatoms. The normalized spacial score (nSPS) is 14.8. The second kappa shape index (κ2) is 9.92. The Labute approximate surface area is 207 Å². The van der Waals surface area contributed by atoms with Crippen molar-refractivity contribution in [3.63, 3.8) is 0 Å². The number of carbonyl (C=O) groups is 1. The molecular formula is C29H33N5O. The monoisotopic (exact) mass is 467 g/mol. The fourth-order valence-electron chi connectivity index (χ4n) is 4.96. The number of hydrogen-bond donors (Lipinski definition) is 1. The molecular weight excluding hydrogens is 434 g/mol. The highest BCUT2D eigenvalue weighted by Crippen LogP contribution is 2.24. The zero-order valence-electron chi connectivity index (χ0n) is 20.7. The van der Waals surface area contributed by atoms with Gasteiger partial charge in [0.2, 0.25) is 0 Å². The van der Waals surface area contributed by atoms with Gasteiger partial charge in [-0.3, -0.25) is 9.69 Å². The van der Waals surface area contributed by atoms with Crippen molar-refractivity contribution in [1.29, 1.82) is 0 Å². The fourth-order valence-corrected chi connectivity index (χ4v) is 4.96. The van der Waals surface area contributed by atoms with Crippen LogP contribution in [0.25, 0.3) is 17.1 Å². The quantitative estimate of drug-likeness (QED) is 0.439. The van der Waals surface area contributed by atoms with E-state index in [1.54, 1.807) is 4.68 Å². The number of hydrogen-bond acceptors (Lipinski definition) is 3. The third-order valence-electron chi connectivity index (χ3n) is 6.90. The van der Waals surface area contributed by atoms with Gasteiger partial charge in [0, 0.05) is 38.9 Å². The zero-order chi connectivity index (χ0) is 24.4. The number of aromatic nitrogens is 3. The standard InChI is InChI=1S/C29H33N5O/c1-21-11-12-26(22(2)18-21)34-28(19-25(31-34)27-10-7-15-32(27)3)29(35)30-24-13-16-33(17-14-24)20-23-8-5-4-6-9-23/h4-12,15,18-19,24H,13-14,16-17,20H2,1-3H3,(H,30,35). The van der Waals surface area contributed by atoms with Gasteiger partial charge in [0.05, 0.1) is 11.4 Å². The van der Waals surface area contributed by atoms with Crippen molar-refractivity contribution < 1.29 is 4.79 Å². The van der Waals surface area contributed by atoms with Gasteiger partial charge in [-0.25, -0.2) is 4.68 Å². The Hall–Kier alpha value is -3.64. The molecule has 1 amide bonds. The Balaban J connectivity index is 1.34. The average Bonchev–Trinajstić information content (AvgIpc) is 3.47. The maximum absolute atomic E-state index is 13.5. The lowest BCUT2D eigenvalue weighted by molar-refractivity contribution is 0.0901. The molecule has 6 nitrogen and oxygen atoms in total. The summed E-state index contributed by atoms with van der Waals surface area (Å²) in [5, 5.41) is 8.17. The average molecular weight is 468 g/mol. The van der Waals surface area contributed by atoms with Crippen molar-refractivity contribution in [1.82, 2.24) is 24.6 Å². The van der Waals surface area contributed by atoms with Crippen LogP contribution in [-0.4, -0.2) is 44.3 Å². The summed E-state index contributed by atoms with van der Waals surface area (Å²) < 4.78 is 3.83. The van der Waals surface area contributed by atoms with E-state index in [9.17, 15) is 4.79 Å². The molecule has 0 bridgehead atoms. The number of nitrogens with zero attached hydrogens (tertiary/aromatic N) is 4. The molecule has 2 aromatic heterocycles. The van der Waals surface area contributed by atoms with Crippen molar-refractivity contribution in [3.8, 4) is 17.1 Å². The first-order valence-corrected chi connectivity index (χ1v) is 12.3. The van der Waals surface area contributed by atoms with E-state index < -0.39 is 0 Å². The Kier molecular flexibility index (Phi) is 6.55. The van der Waals surface area contributed by atoms with Crippen LogP contribution in [0.15, 0.2) is 72.9 Å². The predicted molar refractivity (Wildman–Crippen MR) is 140 cm³/mol. The van der Waals surface area contributed by atoms with Crippen LogP contribution in [0.4, 0.5) is 0 Å². The maximum atomic E-state index is 13.5. The van der Waals surface area contributed by atoms with Crippen LogP contribution < -0.4 is 5.32 Å². The highest BCUT2D eigenvalue weighted by atomic mass is 16.2. The fraction of sp³-hybridized carbons (Fsp3) is 0.310. The number of nitrogens with one attached hydrogen (secondary N) is 1. The molecule has 0 aliphatic carbocycles. The van der Waals surface area contributed by atoms with Crippen molar-refractivity contribution in [3.05, 3.63) is 95.3 Å². The van der Waals surface area contributed by atoms with Crippen molar-refractivity contribution >= 4 is 5.91 Å². The summed E-state index contributed by atoms with van der Waals surface area (Å²) in [6.45, 7) is 7.06. The second-order valence-corrected chi connectivity index (χ2v) is 9.63. The van der Waals surface area contributed by atoms with Gasteiger partial charge in [-0.2, -0.15) is 5.10 Å². The number of rotatable bonds is 6. The van der Waals surface area contributed by atoms with Crippen molar-refractivity contribution in [2.75, 3.05) is 13.1 Å². The summed E-state index contributed by atoms with van der Waals surface area (Å²) >= 11 is 0. The first-order valence-electron chi connectivity index (χ1n) is 12.3. The molecule has 180 valence electrons. The van der Waals surface area contributed by atoms with E-state index in [0.29, 0.717) is 5.69 Å². The Morgan fingerprint density at radius 3 is 2.46 bits per heavy atom. The number of likely N-dealkylation sites (tertiary alicyclic amines) is 1. The van der Waals surface area contributed by atoms with Gasteiger partial charge in [0.1, 0.15) is 11.4 Å². The third kappa shape index (κ3) is 5.08. The van der Waals surface area contributed by atoms with Crippen LogP contribution >= 0.6 is 0 Å². The third-order valence-corrected chi connectivity index (χ3v) is 6.90. The highest BCUT2D eigenvalue weighted by Gasteiger charge is 2.25. The minimum absolute atomic E-state index is 0.0700. The van der Waals surface area contributed by atoms with Crippen LogP contribution in [-0.2, 0) is 13.6 Å². The molecule has 1 aliphatic heterocycles. The molecule has 0 atom stereocenters. The van der Waals surface area contributed by atoms with Crippen LogP contribution in [0, 0.1) is 13.8 Å². The number of amides is 1. The summed E-state index contributed by atoms with van der Waals surface area (Å²) in [6.07, 6.45) is 3.89. The summed E-state index contributed by atoms with van der Waals surface area (Å²) in [4.78, 5) is 16.0. The summed E-state index contributed by atoms with van der Waals surface area (Å²) in [7, 11) is 1.99. The van der Waals surface area contributed by atoms with E-state index >= 15 is 0 Å². The molecule has 1 N–H and O–H groups in total. The van der Waals surface area contributed by atoms with Crippen molar-refractivity contribution in [2.45, 2.75) is 39.3 Å². The lowest BCUT2D eigenvalue weighted by atomic mass is 10.0. The first-order chi connectivity index (χ1) is 17.0. The molecule has 0 spiro atoms. The molecule has 2 aromatic carbocycles. The lowest BCUT2D eigenvalue weighted by Gasteiger charge is -2.32. The molecule has 0 radical (unpaired) electrons. The molecule has 0 unspecified atom stereocenters. The van der Waals surface area contributed by atoms with Gasteiger partial charge in [-0.1, -0.05) is 48.0 Å². The predicted octanol–water partition coefficient (Wildman–Crippen LogP) is 4.89. The maximum Gasteiger partial charge on any atom is 0.270 e. The summed E-state index contributed by atoms with van der Waals surface area (Å²) in [5.41, 5.74) is 6.89. The van der Waals surface area contributed by atoms with Gasteiger partial charge >= 0.3 is 0 Å². The largest absolute Gasteiger partial charge is 0.349 e. The molecule has 1 saturated heterocycles. The minimum atomic E-state index is -0.0700. The van der Waals surface area contributed by atoms with Crippen LogP contribution in [0.3, 0.4) is 0 Å². The van der Waals surface area contributed by atoms with Crippen molar-refractivity contribution in [2.24, 2.45) is 7.05 Å². The Morgan fingerprint density at radius 1 is 1.00 bits per heavy atom. The number of aryl methyl sites for hydroxylation is 3. The van der Waals surface area contributed by atoms with Gasteiger partial charge in [-0.15, -0.1) is 0 Å². The van der Waals surface area contributed by atoms with Gasteiger partial charge in [0.15, 0.2) is 0 Å². The van der Waals surface area contributed by atoms with Crippen LogP contribution in [0.5, 0.6) is 0 Å². The first kappa shape index (κ1) is 23.1. The van der Waals surface area contributed by atoms with E-state index in [1.807, 2.05) is 42.1 Å². The zero-order valence-corrected chi connectivity index (χ0v) is 20.7. The molecule has 35 heavy (non-hydrogen) atoms. The topological polar surface area (TPSA) is 55.1 Å². The molecule has 0 saturated carbocycles. The van der Waals surface area contributed by atoms with E-state index in [4.69, 9.17) is 5.10 Å². The number of benzene rings is 2. The smallest absolute Gasteiger partial charge is 0.270 e. The second-order valence-electron chi connectivity index (χ2n) is 9.63. The number of carbonyl (C=O) groups excluding carboxylic acids is 1. The van der Waals surface area contributed by atoms with E-state index in [0.717, 1.165) is 55.1 Å². The van der Waals surface area contributed by atoms with Gasteiger partial charge in [0.25, 0.3) is 5.91 Å². The molecule has 3 heterocycles. The van der Waals surface area contributed by atoms with Gasteiger partial charge in [-0.05, 0) is 62.1 Å². The minimum Gasteiger partial charge on any atom is -0.349 e. The Morgan fingerprint density at radius 2 is 1.77 bits per heavy atom. The van der Waals surface area contributed by atoms with E-state index in [-0.39, 0.29) is 11.9 Å². The summed E-state index contributed by atoms with van der Waals surface area (Å²) in [5.74, 6) is -0.0700. The Bertz CT molecular complexity index is 1310. The number of piperidine rings is 1. The molecule has 1 fully saturated rings. The van der Waals surface area contributed by atoms with Gasteiger partial charge < -0.3 is 9.88 Å². The SMILES string of the molecule is Cc1ccc(-n2nc(-c3cccn3C)cc2C(=O)NC2CCN(Cc3ccccc3)CC2)c(C)c1. The van der Waals surface area contributed by atoms with Crippen LogP contribution in [0.2, 0.25) is 0 Å². The summed E-state index contributed by atoms with van der Waals surface area (Å²) in [6, 6.07) is 22.9. The highest BCUT2D eigenvalue weighted by molar-refractivity contribution is 5.94. The molecule has 4 aromatic rings. The van der Waals surface area contributed by atoms with Crippen LogP contribution in [0.1, 0.15) is 40.0 Å².